The molecule has 1 saturated heterocycles. The van der Waals surface area contributed by atoms with Gasteiger partial charge in [0.1, 0.15) is 6.04 Å². The maximum atomic E-state index is 13.3. The summed E-state index contributed by atoms with van der Waals surface area (Å²) in [6.07, 6.45) is 5.22. The highest BCUT2D eigenvalue weighted by molar-refractivity contribution is 5.87. The first-order chi connectivity index (χ1) is 18.7. The van der Waals surface area contributed by atoms with Crippen LogP contribution in [-0.2, 0) is 17.6 Å². The Kier molecular flexibility index (Phi) is 8.59. The highest BCUT2D eigenvalue weighted by Gasteiger charge is 2.33. The number of piperidine rings is 1. The van der Waals surface area contributed by atoms with E-state index in [1.165, 1.54) is 22.4 Å². The lowest BCUT2D eigenvalue weighted by Gasteiger charge is -2.36. The smallest absolute Gasteiger partial charge is 0.318 e. The first-order valence-electron chi connectivity index (χ1n) is 13.9. The number of benzene rings is 3. The van der Waals surface area contributed by atoms with E-state index in [1.807, 2.05) is 24.3 Å². The minimum absolute atomic E-state index is 0.0386. The van der Waals surface area contributed by atoms with Crippen molar-refractivity contribution in [2.24, 2.45) is 5.92 Å². The molecule has 3 aromatic rings. The molecule has 2 aliphatic rings. The summed E-state index contributed by atoms with van der Waals surface area (Å²) in [5, 5.41) is 9.94. The quantitative estimate of drug-likeness (QED) is 0.384. The van der Waals surface area contributed by atoms with Gasteiger partial charge >= 0.3 is 6.03 Å². The van der Waals surface area contributed by atoms with Gasteiger partial charge in [-0.1, -0.05) is 78.9 Å². The fourth-order valence-corrected chi connectivity index (χ4v) is 5.82. The van der Waals surface area contributed by atoms with Crippen molar-refractivity contribution in [1.29, 1.82) is 0 Å². The van der Waals surface area contributed by atoms with Gasteiger partial charge in [-0.3, -0.25) is 4.79 Å². The van der Waals surface area contributed by atoms with Crippen molar-refractivity contribution < 1.29 is 9.59 Å². The van der Waals surface area contributed by atoms with Crippen molar-refractivity contribution in [2.75, 3.05) is 25.0 Å². The summed E-state index contributed by atoms with van der Waals surface area (Å²) in [7, 11) is 0. The van der Waals surface area contributed by atoms with Gasteiger partial charge in [0.15, 0.2) is 0 Å². The van der Waals surface area contributed by atoms with Gasteiger partial charge in [0.25, 0.3) is 0 Å². The zero-order valence-corrected chi connectivity index (χ0v) is 21.9. The molecule has 2 heterocycles. The largest absolute Gasteiger partial charge is 0.378 e. The predicted octanol–water partition coefficient (Wildman–Crippen LogP) is 5.33. The van der Waals surface area contributed by atoms with Crippen molar-refractivity contribution in [3.05, 3.63) is 102 Å². The second kappa shape index (κ2) is 12.6. The van der Waals surface area contributed by atoms with E-state index in [0.717, 1.165) is 32.1 Å². The second-order valence-electron chi connectivity index (χ2n) is 10.4. The first kappa shape index (κ1) is 25.8. The lowest BCUT2D eigenvalue weighted by molar-refractivity contribution is -0.126. The second-order valence-corrected chi connectivity index (χ2v) is 10.4. The van der Waals surface area contributed by atoms with E-state index >= 15 is 0 Å². The first-order valence-corrected chi connectivity index (χ1v) is 13.9. The Balaban J connectivity index is 1.16. The molecule has 6 nitrogen and oxygen atoms in total. The summed E-state index contributed by atoms with van der Waals surface area (Å²) in [6.45, 7) is 1.77. The van der Waals surface area contributed by atoms with Gasteiger partial charge in [0.05, 0.1) is 6.04 Å². The Morgan fingerprint density at radius 3 is 2.39 bits per heavy atom. The Hall–Kier alpha value is -3.80. The molecular formula is C32H38N4O2. The maximum absolute atomic E-state index is 13.3. The van der Waals surface area contributed by atoms with Crippen molar-refractivity contribution >= 4 is 17.6 Å². The van der Waals surface area contributed by atoms with Gasteiger partial charge in [0, 0.05) is 25.3 Å². The van der Waals surface area contributed by atoms with Crippen molar-refractivity contribution in [1.82, 2.24) is 15.5 Å². The van der Waals surface area contributed by atoms with Crippen LogP contribution in [0.1, 0.15) is 48.4 Å². The molecule has 3 N–H and O–H groups in total. The van der Waals surface area contributed by atoms with Gasteiger partial charge in [-0.2, -0.15) is 0 Å². The van der Waals surface area contributed by atoms with Crippen LogP contribution in [0.15, 0.2) is 84.9 Å². The monoisotopic (exact) mass is 510 g/mol. The summed E-state index contributed by atoms with van der Waals surface area (Å²) in [5.74, 6) is 0.319. The summed E-state index contributed by atoms with van der Waals surface area (Å²) in [6, 6.07) is 28.8. The topological polar surface area (TPSA) is 73.5 Å². The van der Waals surface area contributed by atoms with Crippen LogP contribution in [0, 0.1) is 5.92 Å². The summed E-state index contributed by atoms with van der Waals surface area (Å²) in [4.78, 5) is 28.0. The molecule has 0 spiro atoms. The molecule has 0 radical (unpaired) electrons. The molecule has 2 aliphatic heterocycles. The highest BCUT2D eigenvalue weighted by Crippen LogP contribution is 2.38. The molecule has 6 heteroatoms. The van der Waals surface area contributed by atoms with Gasteiger partial charge < -0.3 is 20.9 Å². The summed E-state index contributed by atoms with van der Waals surface area (Å²) >= 11 is 0. The van der Waals surface area contributed by atoms with Crippen LogP contribution in [-0.4, -0.2) is 42.5 Å². The number of likely N-dealkylation sites (tertiary alicyclic amines) is 1. The minimum Gasteiger partial charge on any atom is -0.378 e. The highest BCUT2D eigenvalue weighted by atomic mass is 16.2. The molecule has 3 amide bonds. The zero-order chi connectivity index (χ0) is 26.2. The van der Waals surface area contributed by atoms with Gasteiger partial charge in [-0.15, -0.1) is 0 Å². The third-order valence-electron chi connectivity index (χ3n) is 7.85. The molecule has 0 bridgehead atoms. The number of carbonyl (C=O) groups excluding carboxylic acids is 2. The number of hydrogen-bond acceptors (Lipinski definition) is 3. The number of urea groups is 1. The van der Waals surface area contributed by atoms with E-state index in [2.05, 4.69) is 76.6 Å². The van der Waals surface area contributed by atoms with Gasteiger partial charge in [0.2, 0.25) is 5.91 Å². The lowest BCUT2D eigenvalue weighted by atomic mass is 9.81. The molecule has 0 aromatic heterocycles. The Labute approximate surface area is 225 Å². The molecular weight excluding hydrogens is 472 g/mol. The van der Waals surface area contributed by atoms with Gasteiger partial charge in [-0.05, 0) is 67.2 Å². The van der Waals surface area contributed by atoms with Crippen molar-refractivity contribution in [3.63, 3.8) is 0 Å². The number of fused-ring (bicyclic) bond motifs is 1. The molecule has 0 aliphatic carbocycles. The van der Waals surface area contributed by atoms with Crippen LogP contribution < -0.4 is 16.0 Å². The third kappa shape index (κ3) is 6.36. The number of rotatable bonds is 8. The molecule has 0 unspecified atom stereocenters. The van der Waals surface area contributed by atoms with Gasteiger partial charge in [-0.25, -0.2) is 4.79 Å². The number of amides is 3. The van der Waals surface area contributed by atoms with Crippen LogP contribution in [0.3, 0.4) is 0 Å². The Morgan fingerprint density at radius 1 is 0.842 bits per heavy atom. The predicted molar refractivity (Wildman–Crippen MR) is 152 cm³/mol. The number of nitrogens with one attached hydrogen (secondary N) is 3. The number of anilines is 1. The van der Waals surface area contributed by atoms with Crippen molar-refractivity contribution in [2.45, 2.75) is 50.6 Å². The summed E-state index contributed by atoms with van der Waals surface area (Å²) < 4.78 is 0. The number of carbonyl (C=O) groups is 2. The van der Waals surface area contributed by atoms with E-state index in [0.29, 0.717) is 32.0 Å². The number of hydrogen-bond donors (Lipinski definition) is 3. The van der Waals surface area contributed by atoms with E-state index < -0.39 is 6.04 Å². The molecule has 3 atom stereocenters. The molecule has 38 heavy (non-hydrogen) atoms. The number of nitrogens with zero attached hydrogens (tertiary/aromatic N) is 1. The fourth-order valence-electron chi connectivity index (χ4n) is 5.82. The maximum Gasteiger partial charge on any atom is 0.318 e. The Morgan fingerprint density at radius 2 is 1.58 bits per heavy atom. The molecule has 5 rings (SSSR count). The van der Waals surface area contributed by atoms with E-state index in [9.17, 15) is 9.59 Å². The van der Waals surface area contributed by atoms with Crippen LogP contribution >= 0.6 is 0 Å². The van der Waals surface area contributed by atoms with Crippen LogP contribution in [0.2, 0.25) is 0 Å². The Bertz CT molecular complexity index is 1200. The summed E-state index contributed by atoms with van der Waals surface area (Å²) in [5.41, 5.74) is 4.97. The minimum atomic E-state index is -0.407. The molecule has 1 fully saturated rings. The molecule has 3 aromatic carbocycles. The normalized spacial score (nSPS) is 20.6. The zero-order valence-electron chi connectivity index (χ0n) is 21.9. The van der Waals surface area contributed by atoms with Crippen LogP contribution in [0.25, 0.3) is 0 Å². The van der Waals surface area contributed by atoms with Crippen LogP contribution in [0.4, 0.5) is 10.5 Å². The molecule has 0 saturated carbocycles. The van der Waals surface area contributed by atoms with E-state index in [4.69, 9.17) is 0 Å². The van der Waals surface area contributed by atoms with E-state index in [-0.39, 0.29) is 18.0 Å². The standard InChI is InChI=1S/C32H38N4O2/c37-31(29-17-9-10-22-36(29)32(38)34-20-18-24-11-3-1-4-12-24)33-21-19-27-23-26-15-7-8-16-28(26)35-30(27)25-13-5-2-6-14-25/h1-8,11-16,27,29-30,35H,9-10,17-23H2,(H,33,37)(H,34,38)/t27-,29+,30-/m0/s1. The fraction of sp³-hybridized carbons (Fsp3) is 0.375. The number of para-hydroxylation sites is 1. The SMILES string of the molecule is O=C(NCC[C@H]1Cc2ccccc2N[C@H]1c1ccccc1)[C@H]1CCCCN1C(=O)NCCc1ccccc1. The average Bonchev–Trinajstić information content (AvgIpc) is 2.97. The van der Waals surface area contributed by atoms with Crippen molar-refractivity contribution in [3.8, 4) is 0 Å². The molecule has 198 valence electrons. The van der Waals surface area contributed by atoms with E-state index in [1.54, 1.807) is 4.90 Å². The van der Waals surface area contributed by atoms with Crippen LogP contribution in [0.5, 0.6) is 0 Å². The lowest BCUT2D eigenvalue weighted by Crippen LogP contribution is -2.55. The third-order valence-corrected chi connectivity index (χ3v) is 7.85. The average molecular weight is 511 g/mol.